The van der Waals surface area contributed by atoms with Crippen LogP contribution in [0.4, 0.5) is 4.79 Å². The fourth-order valence-corrected chi connectivity index (χ4v) is 3.52. The number of carbonyl (C=O) groups is 1. The van der Waals surface area contributed by atoms with Gasteiger partial charge in [-0.05, 0) is 51.3 Å². The first-order valence-electron chi connectivity index (χ1n) is 9.77. The monoisotopic (exact) mass is 378 g/mol. The average Bonchev–Trinajstić information content (AvgIpc) is 2.99. The normalized spacial score (nSPS) is 19.4. The molecule has 0 N–H and O–H groups in total. The van der Waals surface area contributed by atoms with Gasteiger partial charge < -0.3 is 9.47 Å². The summed E-state index contributed by atoms with van der Waals surface area (Å²) in [6, 6.07) is 17.9. The molecule has 0 atom stereocenters. The molecule has 1 saturated carbocycles. The number of ether oxygens (including phenoxy) is 2. The molecule has 0 aliphatic heterocycles. The van der Waals surface area contributed by atoms with Crippen molar-refractivity contribution in [1.29, 1.82) is 0 Å². The minimum absolute atomic E-state index is 0.192. The highest BCUT2D eigenvalue weighted by Crippen LogP contribution is 2.40. The van der Waals surface area contributed by atoms with Gasteiger partial charge in [-0.25, -0.2) is 14.3 Å². The van der Waals surface area contributed by atoms with Crippen LogP contribution in [0, 0.1) is 0 Å². The Morgan fingerprint density at radius 2 is 1.75 bits per heavy atom. The lowest BCUT2D eigenvalue weighted by Gasteiger charge is -2.35. The SMILES string of the molecule is CC(C)(C)OC(=O)n1c(C2CC(OCc3ccccc3)C2)nc2ccccc21. The van der Waals surface area contributed by atoms with Gasteiger partial charge >= 0.3 is 6.09 Å². The smallest absolute Gasteiger partial charge is 0.420 e. The fraction of sp³-hybridized carbons (Fsp3) is 0.391. The number of nitrogens with zero attached hydrogens (tertiary/aromatic N) is 2. The molecule has 146 valence electrons. The first kappa shape index (κ1) is 18.7. The van der Waals surface area contributed by atoms with E-state index in [9.17, 15) is 4.79 Å². The van der Waals surface area contributed by atoms with E-state index in [1.54, 1.807) is 4.57 Å². The van der Waals surface area contributed by atoms with Crippen LogP contribution in [0.15, 0.2) is 54.6 Å². The molecule has 4 rings (SSSR count). The van der Waals surface area contributed by atoms with Crippen LogP contribution in [0.2, 0.25) is 0 Å². The van der Waals surface area contributed by atoms with Gasteiger partial charge in [0.1, 0.15) is 11.4 Å². The second-order valence-corrected chi connectivity index (χ2v) is 8.36. The molecule has 1 fully saturated rings. The lowest BCUT2D eigenvalue weighted by atomic mass is 9.81. The predicted octanol–water partition coefficient (Wildman–Crippen LogP) is 5.28. The fourth-order valence-electron chi connectivity index (χ4n) is 3.52. The molecule has 0 amide bonds. The number of rotatable bonds is 4. The summed E-state index contributed by atoms with van der Waals surface area (Å²) in [5.41, 5.74) is 2.23. The van der Waals surface area contributed by atoms with E-state index in [0.29, 0.717) is 6.61 Å². The van der Waals surface area contributed by atoms with E-state index in [4.69, 9.17) is 14.5 Å². The van der Waals surface area contributed by atoms with Crippen molar-refractivity contribution >= 4 is 17.1 Å². The first-order valence-corrected chi connectivity index (χ1v) is 9.77. The summed E-state index contributed by atoms with van der Waals surface area (Å²) in [6.45, 7) is 6.24. The van der Waals surface area contributed by atoms with Crippen LogP contribution >= 0.6 is 0 Å². The van der Waals surface area contributed by atoms with E-state index < -0.39 is 5.60 Å². The molecule has 0 saturated heterocycles. The van der Waals surface area contributed by atoms with Crippen LogP contribution in [0.5, 0.6) is 0 Å². The number of para-hydroxylation sites is 2. The van der Waals surface area contributed by atoms with Crippen molar-refractivity contribution in [1.82, 2.24) is 9.55 Å². The van der Waals surface area contributed by atoms with Crippen LogP contribution in [-0.2, 0) is 16.1 Å². The maximum Gasteiger partial charge on any atom is 0.420 e. The number of imidazole rings is 1. The highest BCUT2D eigenvalue weighted by molar-refractivity contribution is 5.87. The van der Waals surface area contributed by atoms with Gasteiger partial charge in [-0.2, -0.15) is 0 Å². The standard InChI is InChI=1S/C23H26N2O3/c1-23(2,3)28-22(26)25-20-12-8-7-11-19(20)24-21(25)17-13-18(14-17)27-15-16-9-5-4-6-10-16/h4-12,17-18H,13-15H2,1-3H3. The van der Waals surface area contributed by atoms with E-state index in [2.05, 4.69) is 12.1 Å². The summed E-state index contributed by atoms with van der Waals surface area (Å²) >= 11 is 0. The van der Waals surface area contributed by atoms with E-state index in [-0.39, 0.29) is 18.1 Å². The topological polar surface area (TPSA) is 53.4 Å². The van der Waals surface area contributed by atoms with Gasteiger partial charge in [0.2, 0.25) is 0 Å². The van der Waals surface area contributed by atoms with Gasteiger partial charge in [-0.1, -0.05) is 42.5 Å². The van der Waals surface area contributed by atoms with Crippen molar-refractivity contribution in [2.45, 2.75) is 57.8 Å². The Kier molecular flexibility index (Phi) is 4.94. The quantitative estimate of drug-likeness (QED) is 0.620. The molecule has 0 bridgehead atoms. The van der Waals surface area contributed by atoms with E-state index in [1.165, 1.54) is 5.56 Å². The number of hydrogen-bond acceptors (Lipinski definition) is 4. The average molecular weight is 378 g/mol. The number of carbonyl (C=O) groups excluding carboxylic acids is 1. The molecule has 1 heterocycles. The molecule has 0 spiro atoms. The summed E-state index contributed by atoms with van der Waals surface area (Å²) < 4.78 is 13.3. The van der Waals surface area contributed by atoms with Crippen molar-refractivity contribution in [3.05, 3.63) is 66.0 Å². The van der Waals surface area contributed by atoms with Crippen LogP contribution in [0.3, 0.4) is 0 Å². The van der Waals surface area contributed by atoms with E-state index >= 15 is 0 Å². The molecular formula is C23H26N2O3. The van der Waals surface area contributed by atoms with Gasteiger partial charge in [0, 0.05) is 5.92 Å². The third-order valence-corrected chi connectivity index (χ3v) is 4.95. The third-order valence-electron chi connectivity index (χ3n) is 4.95. The Morgan fingerprint density at radius 3 is 2.46 bits per heavy atom. The van der Waals surface area contributed by atoms with Gasteiger partial charge in [-0.15, -0.1) is 0 Å². The zero-order valence-electron chi connectivity index (χ0n) is 16.6. The highest BCUT2D eigenvalue weighted by Gasteiger charge is 2.36. The zero-order valence-corrected chi connectivity index (χ0v) is 16.6. The Labute approximate surface area is 165 Å². The summed E-state index contributed by atoms with van der Waals surface area (Å²) in [4.78, 5) is 17.6. The lowest BCUT2D eigenvalue weighted by molar-refractivity contribution is -0.0230. The molecular weight excluding hydrogens is 352 g/mol. The molecule has 2 aromatic carbocycles. The summed E-state index contributed by atoms with van der Waals surface area (Å²) in [6.07, 6.45) is 1.54. The second kappa shape index (κ2) is 7.40. The molecule has 0 unspecified atom stereocenters. The van der Waals surface area contributed by atoms with Crippen molar-refractivity contribution in [2.24, 2.45) is 0 Å². The third kappa shape index (κ3) is 3.94. The Balaban J connectivity index is 1.50. The first-order chi connectivity index (χ1) is 13.4. The summed E-state index contributed by atoms with van der Waals surface area (Å²) in [5.74, 6) is 0.968. The van der Waals surface area contributed by atoms with Crippen LogP contribution < -0.4 is 0 Å². The second-order valence-electron chi connectivity index (χ2n) is 8.36. The molecule has 28 heavy (non-hydrogen) atoms. The number of hydrogen-bond donors (Lipinski definition) is 0. The molecule has 0 radical (unpaired) electrons. The maximum absolute atomic E-state index is 12.9. The maximum atomic E-state index is 12.9. The van der Waals surface area contributed by atoms with Crippen molar-refractivity contribution in [3.8, 4) is 0 Å². The Bertz CT molecular complexity index is 966. The van der Waals surface area contributed by atoms with Gasteiger partial charge in [0.25, 0.3) is 0 Å². The van der Waals surface area contributed by atoms with E-state index in [0.717, 1.165) is 29.7 Å². The number of fused-ring (bicyclic) bond motifs is 1. The Morgan fingerprint density at radius 1 is 1.07 bits per heavy atom. The van der Waals surface area contributed by atoms with Crippen molar-refractivity contribution in [3.63, 3.8) is 0 Å². The largest absolute Gasteiger partial charge is 0.443 e. The van der Waals surface area contributed by atoms with Gasteiger partial charge in [-0.3, -0.25) is 0 Å². The van der Waals surface area contributed by atoms with Gasteiger partial charge in [0.15, 0.2) is 0 Å². The van der Waals surface area contributed by atoms with Crippen LogP contribution in [0.25, 0.3) is 11.0 Å². The molecule has 1 aliphatic carbocycles. The van der Waals surface area contributed by atoms with Crippen LogP contribution in [0.1, 0.15) is 50.9 Å². The Hall–Kier alpha value is -2.66. The van der Waals surface area contributed by atoms with Crippen molar-refractivity contribution < 1.29 is 14.3 Å². The van der Waals surface area contributed by atoms with Crippen LogP contribution in [-0.4, -0.2) is 27.3 Å². The lowest BCUT2D eigenvalue weighted by Crippen LogP contribution is -2.34. The molecule has 1 aliphatic rings. The highest BCUT2D eigenvalue weighted by atomic mass is 16.6. The summed E-state index contributed by atoms with van der Waals surface area (Å²) in [5, 5.41) is 0. The predicted molar refractivity (Wildman–Crippen MR) is 108 cm³/mol. The molecule has 1 aromatic heterocycles. The summed E-state index contributed by atoms with van der Waals surface area (Å²) in [7, 11) is 0. The van der Waals surface area contributed by atoms with Gasteiger partial charge in [0.05, 0.1) is 23.7 Å². The number of benzene rings is 2. The molecule has 3 aromatic rings. The minimum Gasteiger partial charge on any atom is -0.443 e. The zero-order chi connectivity index (χ0) is 19.7. The minimum atomic E-state index is -0.555. The molecule has 5 nitrogen and oxygen atoms in total. The number of aromatic nitrogens is 2. The van der Waals surface area contributed by atoms with Crippen molar-refractivity contribution in [2.75, 3.05) is 0 Å². The van der Waals surface area contributed by atoms with E-state index in [1.807, 2.05) is 63.2 Å². The molecule has 5 heteroatoms.